The van der Waals surface area contributed by atoms with E-state index in [2.05, 4.69) is 26.3 Å². The molecule has 3 nitrogen and oxygen atoms in total. The predicted octanol–water partition coefficient (Wildman–Crippen LogP) is 6.86. The predicted molar refractivity (Wildman–Crippen MR) is 85.7 cm³/mol. The molecule has 1 rings (SSSR count). The number of alkyl halides is 7. The van der Waals surface area contributed by atoms with E-state index >= 15 is 0 Å². The van der Waals surface area contributed by atoms with E-state index in [4.69, 9.17) is 0 Å². The van der Waals surface area contributed by atoms with Crippen LogP contribution >= 0.6 is 15.9 Å². The third-order valence-electron chi connectivity index (χ3n) is 3.36. The van der Waals surface area contributed by atoms with Crippen LogP contribution in [0.1, 0.15) is 33.3 Å². The minimum atomic E-state index is -6.44. The summed E-state index contributed by atoms with van der Waals surface area (Å²) in [6.45, 7) is 6.92. The van der Waals surface area contributed by atoms with Crippen LogP contribution < -0.4 is 0 Å². The van der Waals surface area contributed by atoms with Crippen LogP contribution in [0.15, 0.2) is 33.0 Å². The van der Waals surface area contributed by atoms with Crippen molar-refractivity contribution in [3.05, 3.63) is 28.2 Å². The second-order valence-electron chi connectivity index (χ2n) is 6.06. The molecule has 0 spiro atoms. The zero-order valence-electron chi connectivity index (χ0n) is 14.3. The first-order valence-corrected chi connectivity index (χ1v) is 8.24. The van der Waals surface area contributed by atoms with Crippen LogP contribution in [0.2, 0.25) is 0 Å². The number of nitrogens with zero attached hydrogens (tertiary/aromatic N) is 3. The van der Waals surface area contributed by atoms with Crippen molar-refractivity contribution >= 4 is 21.6 Å². The lowest BCUT2D eigenvalue weighted by Gasteiger charge is -2.29. The molecule has 1 aromatic carbocycles. The molecule has 0 aliphatic carbocycles. The van der Waals surface area contributed by atoms with Crippen molar-refractivity contribution in [2.75, 3.05) is 0 Å². The highest BCUT2D eigenvalue weighted by Crippen LogP contribution is 2.54. The molecule has 1 aromatic rings. The zero-order chi connectivity index (χ0) is 20.5. The topological polar surface area (TPSA) is 28.0 Å². The summed E-state index contributed by atoms with van der Waals surface area (Å²) in [6.07, 6.45) is -6.44. The third kappa shape index (κ3) is 4.47. The van der Waals surface area contributed by atoms with E-state index in [1.165, 1.54) is 11.1 Å². The Balaban J connectivity index is 3.48. The van der Waals surface area contributed by atoms with Gasteiger partial charge in [0.1, 0.15) is 0 Å². The molecule has 26 heavy (non-hydrogen) atoms. The van der Waals surface area contributed by atoms with Gasteiger partial charge in [-0.25, -0.2) is 0 Å². The Morgan fingerprint density at radius 2 is 1.42 bits per heavy atom. The molecule has 148 valence electrons. The first kappa shape index (κ1) is 22.7. The molecule has 0 heterocycles. The van der Waals surface area contributed by atoms with E-state index in [0.717, 1.165) is 6.07 Å². The molecule has 0 radical (unpaired) electrons. The summed E-state index contributed by atoms with van der Waals surface area (Å²) in [5.41, 5.74) is -2.36. The fourth-order valence-corrected chi connectivity index (χ4v) is 2.46. The van der Waals surface area contributed by atoms with Crippen LogP contribution in [0.25, 0.3) is 0 Å². The molecule has 0 N–H and O–H groups in total. The molecule has 0 aliphatic rings. The van der Waals surface area contributed by atoms with E-state index in [9.17, 15) is 30.7 Å². The summed E-state index contributed by atoms with van der Waals surface area (Å²) in [5.74, 6) is -11.8. The summed E-state index contributed by atoms with van der Waals surface area (Å²) >= 11 is 2.79. The zero-order valence-corrected chi connectivity index (χ0v) is 15.8. The van der Waals surface area contributed by atoms with Crippen LogP contribution in [-0.4, -0.2) is 29.2 Å². The van der Waals surface area contributed by atoms with Crippen molar-refractivity contribution in [1.29, 1.82) is 0 Å². The lowest BCUT2D eigenvalue weighted by Crippen LogP contribution is -2.50. The van der Waals surface area contributed by atoms with Crippen LogP contribution in [0.4, 0.5) is 36.4 Å². The minimum absolute atomic E-state index is 0.103. The van der Waals surface area contributed by atoms with E-state index in [1.807, 2.05) is 0 Å². The first-order valence-electron chi connectivity index (χ1n) is 7.45. The second-order valence-corrected chi connectivity index (χ2v) is 6.98. The van der Waals surface area contributed by atoms with Crippen molar-refractivity contribution in [2.45, 2.75) is 57.8 Å². The van der Waals surface area contributed by atoms with Crippen LogP contribution in [-0.2, 0) is 5.92 Å². The van der Waals surface area contributed by atoms with Gasteiger partial charge in [-0.05, 0) is 45.9 Å². The number of rotatable bonds is 6. The van der Waals surface area contributed by atoms with E-state index in [1.54, 1.807) is 27.7 Å². The normalized spacial score (nSPS) is 13.9. The number of hydrogen-bond acceptors (Lipinski definition) is 2. The van der Waals surface area contributed by atoms with Gasteiger partial charge in [0.05, 0.1) is 11.3 Å². The van der Waals surface area contributed by atoms with Crippen molar-refractivity contribution in [2.24, 2.45) is 10.3 Å². The Morgan fingerprint density at radius 3 is 1.85 bits per heavy atom. The maximum Gasteiger partial charge on any atom is 0.460 e. The minimum Gasteiger partial charge on any atom is -0.273 e. The Labute approximate surface area is 154 Å². The van der Waals surface area contributed by atoms with Gasteiger partial charge in [0.15, 0.2) is 0 Å². The third-order valence-corrected chi connectivity index (χ3v) is 3.85. The molecule has 0 bridgehead atoms. The maximum absolute atomic E-state index is 14.1. The molecule has 0 saturated heterocycles. The van der Waals surface area contributed by atoms with Crippen molar-refractivity contribution in [3.8, 4) is 0 Å². The molecular formula is C15H17BrF7N3. The molecule has 0 unspecified atom stereocenters. The van der Waals surface area contributed by atoms with Gasteiger partial charge in [-0.2, -0.15) is 30.7 Å². The molecule has 0 saturated carbocycles. The van der Waals surface area contributed by atoms with E-state index in [-0.39, 0.29) is 16.6 Å². The first-order chi connectivity index (χ1) is 11.6. The Hall–Kier alpha value is -1.39. The quantitative estimate of drug-likeness (QED) is 0.264. The second kappa shape index (κ2) is 7.69. The van der Waals surface area contributed by atoms with Crippen molar-refractivity contribution in [3.63, 3.8) is 0 Å². The molecule has 0 amide bonds. The number of benzene rings is 1. The van der Waals surface area contributed by atoms with Gasteiger partial charge >= 0.3 is 18.0 Å². The van der Waals surface area contributed by atoms with E-state index < -0.39 is 29.3 Å². The average molecular weight is 452 g/mol. The summed E-state index contributed by atoms with van der Waals surface area (Å²) in [4.78, 5) is 0. The maximum atomic E-state index is 14.1. The van der Waals surface area contributed by atoms with E-state index in [0.29, 0.717) is 6.07 Å². The molecule has 11 heteroatoms. The summed E-state index contributed by atoms with van der Waals surface area (Å²) in [6, 6.07) is 2.16. The number of halogens is 8. The lowest BCUT2D eigenvalue weighted by atomic mass is 10.00. The monoisotopic (exact) mass is 451 g/mol. The highest BCUT2D eigenvalue weighted by Gasteiger charge is 2.74. The van der Waals surface area contributed by atoms with Gasteiger partial charge in [0.25, 0.3) is 0 Å². The van der Waals surface area contributed by atoms with Gasteiger partial charge in [-0.15, -0.1) is 5.11 Å². The van der Waals surface area contributed by atoms with Gasteiger partial charge < -0.3 is 0 Å². The molecule has 0 atom stereocenters. The van der Waals surface area contributed by atoms with Crippen molar-refractivity contribution < 1.29 is 30.7 Å². The van der Waals surface area contributed by atoms with Crippen LogP contribution in [0.3, 0.4) is 0 Å². The Morgan fingerprint density at radius 1 is 0.923 bits per heavy atom. The highest BCUT2D eigenvalue weighted by molar-refractivity contribution is 9.10. The average Bonchev–Trinajstić information content (AvgIpc) is 2.46. The summed E-state index contributed by atoms with van der Waals surface area (Å²) in [7, 11) is 0. The van der Waals surface area contributed by atoms with Gasteiger partial charge in [-0.3, -0.25) is 5.01 Å². The van der Waals surface area contributed by atoms with Gasteiger partial charge in [0.2, 0.25) is 0 Å². The Kier molecular flexibility index (Phi) is 6.70. The fourth-order valence-electron chi connectivity index (χ4n) is 2.10. The smallest absolute Gasteiger partial charge is 0.273 e. The molecule has 0 aliphatic heterocycles. The van der Waals surface area contributed by atoms with Crippen LogP contribution in [0, 0.1) is 0 Å². The summed E-state index contributed by atoms with van der Waals surface area (Å²) in [5, 5.41) is 8.62. The number of hydrogen-bond donors (Lipinski definition) is 0. The van der Waals surface area contributed by atoms with Crippen LogP contribution in [0.5, 0.6) is 0 Å². The lowest BCUT2D eigenvalue weighted by molar-refractivity contribution is -0.359. The fraction of sp³-hybridized carbons (Fsp3) is 0.600. The Bertz CT molecular complexity index is 649. The SMILES string of the molecule is CC(C)N(N=Nc1ccc(Br)cc1C(F)(F)C(F)(F)C(F)(F)F)C(C)C. The molecule has 0 fully saturated rings. The molecule has 0 aromatic heterocycles. The molecular weight excluding hydrogens is 435 g/mol. The van der Waals surface area contributed by atoms with Gasteiger partial charge in [-0.1, -0.05) is 21.2 Å². The van der Waals surface area contributed by atoms with Gasteiger partial charge in [0, 0.05) is 16.6 Å². The largest absolute Gasteiger partial charge is 0.460 e. The standard InChI is InChI=1S/C15H17BrF7N3/c1-8(2)26(9(3)4)25-24-12-6-5-10(16)7-11(12)13(17,18)14(19,20)15(21,22)23/h5-9H,1-4H3. The highest BCUT2D eigenvalue weighted by atomic mass is 79.9. The van der Waals surface area contributed by atoms with Crippen molar-refractivity contribution in [1.82, 2.24) is 5.01 Å². The summed E-state index contributed by atoms with van der Waals surface area (Å²) < 4.78 is 92.3.